The number of carboxylic acid groups (broad SMARTS) is 1. The van der Waals surface area contributed by atoms with E-state index < -0.39 is 29.2 Å². The number of nitrogens with one attached hydrogen (secondary N) is 1. The van der Waals surface area contributed by atoms with Crippen molar-refractivity contribution < 1.29 is 19.1 Å². The van der Waals surface area contributed by atoms with Gasteiger partial charge < -0.3 is 10.4 Å². The molecule has 1 amide bonds. The van der Waals surface area contributed by atoms with Gasteiger partial charge in [-0.2, -0.15) is 0 Å². The fraction of sp³-hybridized carbons (Fsp3) is 0.385. The summed E-state index contributed by atoms with van der Waals surface area (Å²) in [4.78, 5) is 23.0. The minimum absolute atomic E-state index is 0.203. The first-order chi connectivity index (χ1) is 8.62. The van der Waals surface area contributed by atoms with Gasteiger partial charge in [0.05, 0.1) is 5.56 Å². The molecule has 1 aromatic rings. The smallest absolute Gasteiger partial charge is 0.326 e. The van der Waals surface area contributed by atoms with Crippen LogP contribution in [0.5, 0.6) is 0 Å². The average molecular weight is 288 g/mol. The molecule has 0 saturated heterocycles. The molecule has 4 nitrogen and oxygen atoms in total. The highest BCUT2D eigenvalue weighted by molar-refractivity contribution is 6.31. The Bertz CT molecular complexity index is 511. The summed E-state index contributed by atoms with van der Waals surface area (Å²) in [5.41, 5.74) is -0.973. The van der Waals surface area contributed by atoms with Crippen LogP contribution in [0.1, 0.15) is 31.1 Å². The van der Waals surface area contributed by atoms with Crippen molar-refractivity contribution in [2.75, 3.05) is 0 Å². The van der Waals surface area contributed by atoms with E-state index in [1.165, 1.54) is 6.07 Å². The molecule has 0 saturated carbocycles. The number of carbonyl (C=O) groups excluding carboxylic acids is 1. The van der Waals surface area contributed by atoms with E-state index in [2.05, 4.69) is 5.32 Å². The Hall–Kier alpha value is -1.62. The van der Waals surface area contributed by atoms with Crippen molar-refractivity contribution >= 4 is 23.5 Å². The molecule has 1 aromatic carbocycles. The minimum atomic E-state index is -1.18. The van der Waals surface area contributed by atoms with E-state index in [0.717, 1.165) is 12.1 Å². The SMILES string of the molecule is CC(C)(C)[C@H](NC(=O)c1cc(Cl)ccc1F)C(=O)O. The Morgan fingerprint density at radius 1 is 1.37 bits per heavy atom. The second kappa shape index (κ2) is 5.57. The van der Waals surface area contributed by atoms with Gasteiger partial charge in [-0.3, -0.25) is 4.79 Å². The lowest BCUT2D eigenvalue weighted by Gasteiger charge is -2.27. The van der Waals surface area contributed by atoms with Crippen LogP contribution in [-0.4, -0.2) is 23.0 Å². The molecule has 0 aliphatic carbocycles. The fourth-order valence-electron chi connectivity index (χ4n) is 1.53. The van der Waals surface area contributed by atoms with Gasteiger partial charge in [0.15, 0.2) is 0 Å². The van der Waals surface area contributed by atoms with Crippen molar-refractivity contribution in [3.8, 4) is 0 Å². The molecule has 0 unspecified atom stereocenters. The number of halogens is 2. The lowest BCUT2D eigenvalue weighted by Crippen LogP contribution is -2.49. The van der Waals surface area contributed by atoms with E-state index in [4.69, 9.17) is 16.7 Å². The highest BCUT2D eigenvalue weighted by Crippen LogP contribution is 2.21. The molecule has 104 valence electrons. The number of amides is 1. The van der Waals surface area contributed by atoms with Gasteiger partial charge in [-0.05, 0) is 23.6 Å². The van der Waals surface area contributed by atoms with Crippen molar-refractivity contribution in [2.45, 2.75) is 26.8 Å². The summed E-state index contributed by atoms with van der Waals surface area (Å²) in [6, 6.07) is 2.41. The summed E-state index contributed by atoms with van der Waals surface area (Å²) in [6.45, 7) is 5.00. The largest absolute Gasteiger partial charge is 0.480 e. The van der Waals surface area contributed by atoms with Crippen molar-refractivity contribution in [3.63, 3.8) is 0 Å². The molecule has 6 heteroatoms. The van der Waals surface area contributed by atoms with Gasteiger partial charge in [0.25, 0.3) is 5.91 Å². The van der Waals surface area contributed by atoms with Gasteiger partial charge in [-0.1, -0.05) is 32.4 Å². The normalized spacial score (nSPS) is 12.9. The van der Waals surface area contributed by atoms with Crippen LogP contribution in [0.3, 0.4) is 0 Å². The van der Waals surface area contributed by atoms with Crippen LogP contribution in [0.15, 0.2) is 18.2 Å². The van der Waals surface area contributed by atoms with E-state index in [1.807, 2.05) is 0 Å². The molecule has 0 heterocycles. The molecule has 1 atom stereocenters. The standard InChI is InChI=1S/C13H15ClFNO3/c1-13(2,3)10(12(18)19)16-11(17)8-6-7(14)4-5-9(8)15/h4-6,10H,1-3H3,(H,16,17)(H,18,19)/t10-/m1/s1. The fourth-order valence-corrected chi connectivity index (χ4v) is 1.70. The van der Waals surface area contributed by atoms with Gasteiger partial charge in [-0.15, -0.1) is 0 Å². The Balaban J connectivity index is 3.01. The highest BCUT2D eigenvalue weighted by atomic mass is 35.5. The van der Waals surface area contributed by atoms with Crippen LogP contribution in [0, 0.1) is 11.2 Å². The Morgan fingerprint density at radius 2 is 1.95 bits per heavy atom. The van der Waals surface area contributed by atoms with E-state index >= 15 is 0 Å². The molecule has 0 radical (unpaired) electrons. The van der Waals surface area contributed by atoms with E-state index in [9.17, 15) is 14.0 Å². The summed E-state index contributed by atoms with van der Waals surface area (Å²) >= 11 is 5.69. The zero-order valence-corrected chi connectivity index (χ0v) is 11.6. The zero-order chi connectivity index (χ0) is 14.8. The van der Waals surface area contributed by atoms with Crippen molar-refractivity contribution in [3.05, 3.63) is 34.6 Å². The maximum Gasteiger partial charge on any atom is 0.326 e. The number of rotatable bonds is 3. The molecule has 0 spiro atoms. The van der Waals surface area contributed by atoms with E-state index in [-0.39, 0.29) is 10.6 Å². The summed E-state index contributed by atoms with van der Waals surface area (Å²) in [7, 11) is 0. The summed E-state index contributed by atoms with van der Waals surface area (Å²) in [6.07, 6.45) is 0. The number of benzene rings is 1. The predicted octanol–water partition coefficient (Wildman–Crippen LogP) is 2.71. The van der Waals surface area contributed by atoms with Gasteiger partial charge in [0.1, 0.15) is 11.9 Å². The molecule has 0 aliphatic heterocycles. The average Bonchev–Trinajstić information content (AvgIpc) is 2.26. The third-order valence-corrected chi connectivity index (χ3v) is 2.80. The minimum Gasteiger partial charge on any atom is -0.480 e. The van der Waals surface area contributed by atoms with Gasteiger partial charge in [0.2, 0.25) is 0 Å². The lowest BCUT2D eigenvalue weighted by atomic mass is 9.86. The molecular formula is C13H15ClFNO3. The first kappa shape index (κ1) is 15.4. The van der Waals surface area contributed by atoms with Crippen LogP contribution in [0.2, 0.25) is 5.02 Å². The maximum absolute atomic E-state index is 13.5. The molecule has 0 bridgehead atoms. The van der Waals surface area contributed by atoms with Crippen molar-refractivity contribution in [1.29, 1.82) is 0 Å². The Kier molecular flexibility index (Phi) is 4.52. The first-order valence-electron chi connectivity index (χ1n) is 5.61. The van der Waals surface area contributed by atoms with Crippen LogP contribution in [-0.2, 0) is 4.79 Å². The highest BCUT2D eigenvalue weighted by Gasteiger charge is 2.33. The molecule has 0 aromatic heterocycles. The van der Waals surface area contributed by atoms with Gasteiger partial charge in [-0.25, -0.2) is 9.18 Å². The molecule has 0 fully saturated rings. The Labute approximate surface area is 115 Å². The Morgan fingerprint density at radius 3 is 2.42 bits per heavy atom. The quantitative estimate of drug-likeness (QED) is 0.898. The predicted molar refractivity (Wildman–Crippen MR) is 69.8 cm³/mol. The summed E-state index contributed by atoms with van der Waals surface area (Å²) in [5, 5.41) is 11.6. The third-order valence-electron chi connectivity index (χ3n) is 2.56. The molecule has 19 heavy (non-hydrogen) atoms. The maximum atomic E-state index is 13.5. The molecular weight excluding hydrogens is 273 g/mol. The second-order valence-electron chi connectivity index (χ2n) is 5.23. The van der Waals surface area contributed by atoms with E-state index in [0.29, 0.717) is 0 Å². The van der Waals surface area contributed by atoms with Crippen molar-refractivity contribution in [1.82, 2.24) is 5.32 Å². The summed E-state index contributed by atoms with van der Waals surface area (Å²) < 4.78 is 13.5. The molecule has 2 N–H and O–H groups in total. The molecule has 0 aliphatic rings. The number of hydrogen-bond donors (Lipinski definition) is 2. The molecule has 1 rings (SSSR count). The zero-order valence-electron chi connectivity index (χ0n) is 10.8. The number of carbonyl (C=O) groups is 2. The van der Waals surface area contributed by atoms with Crippen LogP contribution in [0.25, 0.3) is 0 Å². The third kappa shape index (κ3) is 3.92. The number of carboxylic acids is 1. The van der Waals surface area contributed by atoms with Crippen LogP contribution in [0.4, 0.5) is 4.39 Å². The number of hydrogen-bond acceptors (Lipinski definition) is 2. The van der Waals surface area contributed by atoms with Crippen LogP contribution < -0.4 is 5.32 Å². The van der Waals surface area contributed by atoms with Crippen molar-refractivity contribution in [2.24, 2.45) is 5.41 Å². The van der Waals surface area contributed by atoms with E-state index in [1.54, 1.807) is 20.8 Å². The lowest BCUT2D eigenvalue weighted by molar-refractivity contribution is -0.142. The second-order valence-corrected chi connectivity index (χ2v) is 5.67. The van der Waals surface area contributed by atoms with Crippen LogP contribution >= 0.6 is 11.6 Å². The first-order valence-corrected chi connectivity index (χ1v) is 5.99. The van der Waals surface area contributed by atoms with Gasteiger partial charge in [0, 0.05) is 5.02 Å². The van der Waals surface area contributed by atoms with Gasteiger partial charge >= 0.3 is 5.97 Å². The number of aliphatic carboxylic acids is 1. The topological polar surface area (TPSA) is 66.4 Å². The summed E-state index contributed by atoms with van der Waals surface area (Å²) in [5.74, 6) is -2.73. The monoisotopic (exact) mass is 287 g/mol.